The van der Waals surface area contributed by atoms with Gasteiger partial charge in [-0.3, -0.25) is 0 Å². The van der Waals surface area contributed by atoms with Gasteiger partial charge in [-0.25, -0.2) is 4.98 Å². The van der Waals surface area contributed by atoms with E-state index in [1.165, 1.54) is 4.88 Å². The minimum Gasteiger partial charge on any atom is -0.360 e. The maximum absolute atomic E-state index is 4.42. The molecule has 0 bridgehead atoms. The van der Waals surface area contributed by atoms with Crippen LogP contribution in [0.15, 0.2) is 23.4 Å². The molecule has 2 rings (SSSR count). The Kier molecular flexibility index (Phi) is 4.54. The Hall–Kier alpha value is -1.14. The van der Waals surface area contributed by atoms with E-state index in [1.54, 1.807) is 23.1 Å². The van der Waals surface area contributed by atoms with E-state index in [9.17, 15) is 0 Å². The fraction of sp³-hybridized carbons (Fsp3) is 0.417. The first-order valence-electron chi connectivity index (χ1n) is 5.81. The van der Waals surface area contributed by atoms with Gasteiger partial charge >= 0.3 is 0 Å². The first-order chi connectivity index (χ1) is 8.72. The number of thiazole rings is 1. The zero-order valence-corrected chi connectivity index (χ0v) is 12.3. The molecule has 2 heterocycles. The van der Waals surface area contributed by atoms with Crippen molar-refractivity contribution in [3.05, 3.63) is 28.2 Å². The van der Waals surface area contributed by atoms with Crippen LogP contribution in [-0.4, -0.2) is 21.4 Å². The Morgan fingerprint density at radius 1 is 1.39 bits per heavy atom. The Balaban J connectivity index is 2.03. The number of rotatable bonds is 5. The van der Waals surface area contributed by atoms with E-state index < -0.39 is 0 Å². The number of hydrogen-bond acceptors (Lipinski definition) is 6. The van der Waals surface area contributed by atoms with Crippen LogP contribution in [0.25, 0.3) is 0 Å². The quantitative estimate of drug-likeness (QED) is 0.851. The predicted molar refractivity (Wildman–Crippen MR) is 77.3 cm³/mol. The molecule has 4 nitrogen and oxygen atoms in total. The summed E-state index contributed by atoms with van der Waals surface area (Å²) in [4.78, 5) is 5.73. The van der Waals surface area contributed by atoms with Crippen molar-refractivity contribution in [2.75, 3.05) is 11.6 Å². The number of thioether (sulfide) groups is 1. The molecule has 0 amide bonds. The number of aromatic nitrogens is 3. The summed E-state index contributed by atoms with van der Waals surface area (Å²) in [6.07, 6.45) is 4.97. The van der Waals surface area contributed by atoms with Crippen LogP contribution in [0.5, 0.6) is 0 Å². The van der Waals surface area contributed by atoms with Gasteiger partial charge in [-0.2, -0.15) is 0 Å². The number of hydrogen-bond donors (Lipinski definition) is 1. The molecule has 0 saturated carbocycles. The average Bonchev–Trinajstić information content (AvgIpc) is 2.88. The highest BCUT2D eigenvalue weighted by Gasteiger charge is 2.10. The lowest BCUT2D eigenvalue weighted by Gasteiger charge is -2.11. The Morgan fingerprint density at radius 2 is 2.22 bits per heavy atom. The van der Waals surface area contributed by atoms with Gasteiger partial charge < -0.3 is 5.32 Å². The molecule has 0 saturated heterocycles. The van der Waals surface area contributed by atoms with Crippen LogP contribution >= 0.6 is 23.1 Å². The largest absolute Gasteiger partial charge is 0.360 e. The molecule has 18 heavy (non-hydrogen) atoms. The first-order valence-corrected chi connectivity index (χ1v) is 7.86. The Morgan fingerprint density at radius 3 is 2.78 bits per heavy atom. The van der Waals surface area contributed by atoms with Crippen LogP contribution in [-0.2, 0) is 6.42 Å². The zero-order chi connectivity index (χ0) is 13.0. The van der Waals surface area contributed by atoms with Crippen molar-refractivity contribution in [3.8, 4) is 0 Å². The van der Waals surface area contributed by atoms with E-state index in [2.05, 4.69) is 34.3 Å². The lowest BCUT2D eigenvalue weighted by atomic mass is 10.3. The van der Waals surface area contributed by atoms with Gasteiger partial charge in [-0.1, -0.05) is 6.92 Å². The maximum atomic E-state index is 4.42. The number of anilines is 1. The third-order valence-electron chi connectivity index (χ3n) is 2.50. The van der Waals surface area contributed by atoms with Gasteiger partial charge in [0.1, 0.15) is 15.9 Å². The summed E-state index contributed by atoms with van der Waals surface area (Å²) in [6.45, 7) is 4.23. The first kappa shape index (κ1) is 13.3. The van der Waals surface area contributed by atoms with E-state index in [0.29, 0.717) is 0 Å². The molecule has 0 radical (unpaired) electrons. The number of aryl methyl sites for hydroxylation is 1. The molecule has 2 aromatic heterocycles. The third kappa shape index (κ3) is 3.20. The summed E-state index contributed by atoms with van der Waals surface area (Å²) in [5.41, 5.74) is 0. The van der Waals surface area contributed by atoms with Crippen molar-refractivity contribution in [2.24, 2.45) is 0 Å². The summed E-state index contributed by atoms with van der Waals surface area (Å²) in [7, 11) is 0. The molecule has 0 aliphatic rings. The lowest BCUT2D eigenvalue weighted by Crippen LogP contribution is -2.08. The molecule has 0 aliphatic carbocycles. The van der Waals surface area contributed by atoms with E-state index in [0.717, 1.165) is 22.3 Å². The minimum absolute atomic E-state index is 0.157. The van der Waals surface area contributed by atoms with Gasteiger partial charge in [-0.05, 0) is 31.7 Å². The van der Waals surface area contributed by atoms with Crippen molar-refractivity contribution in [1.29, 1.82) is 0 Å². The normalized spacial score (nSPS) is 12.4. The van der Waals surface area contributed by atoms with Crippen LogP contribution in [0.2, 0.25) is 0 Å². The van der Waals surface area contributed by atoms with Crippen LogP contribution in [0.3, 0.4) is 0 Å². The molecule has 0 aliphatic heterocycles. The van der Waals surface area contributed by atoms with Gasteiger partial charge in [0, 0.05) is 11.1 Å². The molecule has 1 atom stereocenters. The van der Waals surface area contributed by atoms with Crippen LogP contribution < -0.4 is 5.32 Å². The van der Waals surface area contributed by atoms with Crippen molar-refractivity contribution in [3.63, 3.8) is 0 Å². The second-order valence-electron chi connectivity index (χ2n) is 3.85. The smallest absolute Gasteiger partial charge is 0.149 e. The molecule has 96 valence electrons. The summed E-state index contributed by atoms with van der Waals surface area (Å²) >= 11 is 3.33. The average molecular weight is 280 g/mol. The van der Waals surface area contributed by atoms with Crippen molar-refractivity contribution >= 4 is 28.9 Å². The van der Waals surface area contributed by atoms with Gasteiger partial charge in [0.25, 0.3) is 0 Å². The summed E-state index contributed by atoms with van der Waals surface area (Å²) in [5, 5.41) is 13.6. The van der Waals surface area contributed by atoms with Gasteiger partial charge in [-0.15, -0.1) is 33.3 Å². The summed E-state index contributed by atoms with van der Waals surface area (Å²) in [5.74, 6) is 0.786. The van der Waals surface area contributed by atoms with Crippen LogP contribution in [0, 0.1) is 0 Å². The second kappa shape index (κ2) is 6.15. The van der Waals surface area contributed by atoms with E-state index >= 15 is 0 Å². The zero-order valence-electron chi connectivity index (χ0n) is 10.7. The van der Waals surface area contributed by atoms with Crippen LogP contribution in [0.1, 0.15) is 29.8 Å². The maximum Gasteiger partial charge on any atom is 0.149 e. The SMILES string of the molecule is CCc1cnc(C(C)Nc2ccc(SC)nn2)s1. The number of nitrogens with one attached hydrogen (secondary N) is 1. The van der Waals surface area contributed by atoms with Crippen LogP contribution in [0.4, 0.5) is 5.82 Å². The van der Waals surface area contributed by atoms with Crippen molar-refractivity contribution in [2.45, 2.75) is 31.3 Å². The summed E-state index contributed by atoms with van der Waals surface area (Å²) in [6, 6.07) is 4.07. The molecule has 6 heteroatoms. The highest BCUT2D eigenvalue weighted by atomic mass is 32.2. The minimum atomic E-state index is 0.157. The van der Waals surface area contributed by atoms with Crippen molar-refractivity contribution in [1.82, 2.24) is 15.2 Å². The highest BCUT2D eigenvalue weighted by molar-refractivity contribution is 7.98. The standard InChI is InChI=1S/C12H16N4S2/c1-4-9-7-13-12(18-9)8(2)14-10-5-6-11(17-3)16-15-10/h5-8H,4H2,1-3H3,(H,14,15). The Labute approximate surface area is 115 Å². The number of nitrogens with zero attached hydrogens (tertiary/aromatic N) is 3. The Bertz CT molecular complexity index is 495. The topological polar surface area (TPSA) is 50.7 Å². The molecule has 2 aromatic rings. The second-order valence-corrected chi connectivity index (χ2v) is 5.82. The highest BCUT2D eigenvalue weighted by Crippen LogP contribution is 2.23. The molecular weight excluding hydrogens is 264 g/mol. The molecule has 0 fully saturated rings. The fourth-order valence-corrected chi connectivity index (χ4v) is 2.66. The third-order valence-corrected chi connectivity index (χ3v) is 4.46. The molecule has 0 aromatic carbocycles. The molecule has 0 spiro atoms. The lowest BCUT2D eigenvalue weighted by molar-refractivity contribution is 0.836. The van der Waals surface area contributed by atoms with E-state index in [-0.39, 0.29) is 6.04 Å². The predicted octanol–water partition coefficient (Wildman–Crippen LogP) is 3.39. The molecule has 1 N–H and O–H groups in total. The monoisotopic (exact) mass is 280 g/mol. The molecular formula is C12H16N4S2. The molecule has 1 unspecified atom stereocenters. The van der Waals surface area contributed by atoms with Gasteiger partial charge in [0.15, 0.2) is 0 Å². The van der Waals surface area contributed by atoms with Gasteiger partial charge in [0.05, 0.1) is 6.04 Å². The van der Waals surface area contributed by atoms with Gasteiger partial charge in [0.2, 0.25) is 0 Å². The van der Waals surface area contributed by atoms with Crippen molar-refractivity contribution < 1.29 is 0 Å². The fourth-order valence-electron chi connectivity index (χ4n) is 1.48. The van der Waals surface area contributed by atoms with E-state index in [1.807, 2.05) is 24.6 Å². The summed E-state index contributed by atoms with van der Waals surface area (Å²) < 4.78 is 0. The van der Waals surface area contributed by atoms with E-state index in [4.69, 9.17) is 0 Å².